The molecule has 1 atom stereocenters. The van der Waals surface area contributed by atoms with Crippen molar-refractivity contribution in [3.8, 4) is 0 Å². The smallest absolute Gasteiger partial charge is 0.123 e. The van der Waals surface area contributed by atoms with Crippen molar-refractivity contribution in [2.75, 3.05) is 18.5 Å². The Morgan fingerprint density at radius 3 is 2.50 bits per heavy atom. The molecule has 0 saturated carbocycles. The molecule has 0 fully saturated rings. The molecule has 0 saturated heterocycles. The number of hydrogen-bond donors (Lipinski definition) is 1. The van der Waals surface area contributed by atoms with E-state index in [1.165, 1.54) is 12.1 Å². The lowest BCUT2D eigenvalue weighted by molar-refractivity contribution is 0.626. The zero-order valence-corrected chi connectivity index (χ0v) is 13.3. The van der Waals surface area contributed by atoms with Crippen LogP contribution in [-0.2, 0) is 0 Å². The molecule has 20 heavy (non-hydrogen) atoms. The van der Waals surface area contributed by atoms with Crippen LogP contribution in [0.4, 0.5) is 10.1 Å². The van der Waals surface area contributed by atoms with E-state index in [9.17, 15) is 4.39 Å². The molecule has 0 radical (unpaired) electrons. The summed E-state index contributed by atoms with van der Waals surface area (Å²) in [6.07, 6.45) is 0. The predicted octanol–water partition coefficient (Wildman–Crippen LogP) is 4.38. The minimum Gasteiger partial charge on any atom is -0.366 e. The number of halogens is 3. The maximum atomic E-state index is 13.0. The number of anilines is 1. The van der Waals surface area contributed by atoms with E-state index in [1.54, 1.807) is 12.1 Å². The average molecular weight is 358 g/mol. The van der Waals surface area contributed by atoms with Crippen LogP contribution < -0.4 is 10.6 Å². The lowest BCUT2D eigenvalue weighted by Gasteiger charge is -2.30. The predicted molar refractivity (Wildman–Crippen MR) is 85.8 cm³/mol. The van der Waals surface area contributed by atoms with Gasteiger partial charge < -0.3 is 10.6 Å². The van der Waals surface area contributed by atoms with Crippen molar-refractivity contribution >= 4 is 33.2 Å². The van der Waals surface area contributed by atoms with Gasteiger partial charge in [0, 0.05) is 28.8 Å². The van der Waals surface area contributed by atoms with Gasteiger partial charge in [0.1, 0.15) is 5.82 Å². The highest BCUT2D eigenvalue weighted by atomic mass is 79.9. The molecule has 2 aromatic carbocycles. The highest BCUT2D eigenvalue weighted by Gasteiger charge is 2.19. The number of nitrogens with zero attached hydrogens (tertiary/aromatic N) is 1. The van der Waals surface area contributed by atoms with Gasteiger partial charge in [-0.1, -0.05) is 27.5 Å². The maximum absolute atomic E-state index is 13.0. The van der Waals surface area contributed by atoms with Crippen LogP contribution in [-0.4, -0.2) is 13.6 Å². The first kappa shape index (κ1) is 15.3. The van der Waals surface area contributed by atoms with E-state index in [2.05, 4.69) is 15.9 Å². The van der Waals surface area contributed by atoms with Crippen LogP contribution in [0.25, 0.3) is 0 Å². The van der Waals surface area contributed by atoms with Crippen LogP contribution in [0.3, 0.4) is 0 Å². The average Bonchev–Trinajstić information content (AvgIpc) is 2.44. The Balaban J connectivity index is 2.36. The fourth-order valence-corrected chi connectivity index (χ4v) is 2.81. The van der Waals surface area contributed by atoms with Gasteiger partial charge in [-0.3, -0.25) is 0 Å². The Morgan fingerprint density at radius 1 is 1.25 bits per heavy atom. The van der Waals surface area contributed by atoms with E-state index < -0.39 is 0 Å². The lowest BCUT2D eigenvalue weighted by Crippen LogP contribution is -2.30. The Bertz CT molecular complexity index is 589. The maximum Gasteiger partial charge on any atom is 0.123 e. The van der Waals surface area contributed by atoms with Crippen LogP contribution in [0.15, 0.2) is 46.9 Å². The number of hydrogen-bond acceptors (Lipinski definition) is 2. The third kappa shape index (κ3) is 3.32. The van der Waals surface area contributed by atoms with Crippen LogP contribution in [0.5, 0.6) is 0 Å². The molecule has 1 unspecified atom stereocenters. The topological polar surface area (TPSA) is 29.3 Å². The van der Waals surface area contributed by atoms with Crippen molar-refractivity contribution < 1.29 is 4.39 Å². The first-order chi connectivity index (χ1) is 9.52. The first-order valence-electron chi connectivity index (χ1n) is 6.16. The van der Waals surface area contributed by atoms with Gasteiger partial charge in [0.25, 0.3) is 0 Å². The first-order valence-corrected chi connectivity index (χ1v) is 7.33. The molecule has 0 aliphatic rings. The second-order valence-corrected chi connectivity index (χ2v) is 5.80. The molecule has 2 nitrogen and oxygen atoms in total. The third-order valence-corrected chi connectivity index (χ3v) is 4.20. The molecular weight excluding hydrogens is 343 g/mol. The monoisotopic (exact) mass is 356 g/mol. The molecule has 0 heterocycles. The largest absolute Gasteiger partial charge is 0.366 e. The summed E-state index contributed by atoms with van der Waals surface area (Å²) < 4.78 is 14.0. The van der Waals surface area contributed by atoms with E-state index in [0.29, 0.717) is 11.6 Å². The second kappa shape index (κ2) is 6.57. The molecule has 5 heteroatoms. The van der Waals surface area contributed by atoms with E-state index in [0.717, 1.165) is 15.7 Å². The van der Waals surface area contributed by atoms with Gasteiger partial charge in [-0.2, -0.15) is 0 Å². The molecule has 2 rings (SSSR count). The fraction of sp³-hybridized carbons (Fsp3) is 0.200. The van der Waals surface area contributed by atoms with Gasteiger partial charge >= 0.3 is 0 Å². The normalized spacial score (nSPS) is 12.2. The zero-order valence-electron chi connectivity index (χ0n) is 11.0. The molecule has 0 aliphatic carbocycles. The molecular formula is C15H15BrClFN2. The summed E-state index contributed by atoms with van der Waals surface area (Å²) in [7, 11) is 1.93. The number of nitrogens with two attached hydrogens (primary N) is 1. The quantitative estimate of drug-likeness (QED) is 0.880. The van der Waals surface area contributed by atoms with E-state index in [1.807, 2.05) is 30.1 Å². The summed E-state index contributed by atoms with van der Waals surface area (Å²) >= 11 is 9.58. The highest BCUT2D eigenvalue weighted by molar-refractivity contribution is 9.10. The molecule has 0 aliphatic heterocycles. The van der Waals surface area contributed by atoms with Crippen LogP contribution in [0, 0.1) is 5.82 Å². The molecule has 0 aromatic heterocycles. The molecule has 0 bridgehead atoms. The van der Waals surface area contributed by atoms with Gasteiger partial charge in [-0.25, -0.2) is 4.39 Å². The van der Waals surface area contributed by atoms with Gasteiger partial charge in [-0.15, -0.1) is 0 Å². The summed E-state index contributed by atoms with van der Waals surface area (Å²) in [6, 6.07) is 11.9. The molecule has 106 valence electrons. The molecule has 2 N–H and O–H groups in total. The summed E-state index contributed by atoms with van der Waals surface area (Å²) in [5.74, 6) is -0.254. The lowest BCUT2D eigenvalue weighted by atomic mass is 10.1. The fourth-order valence-electron chi connectivity index (χ4n) is 2.12. The Kier molecular flexibility index (Phi) is 5.02. The van der Waals surface area contributed by atoms with E-state index in [4.69, 9.17) is 17.3 Å². The second-order valence-electron chi connectivity index (χ2n) is 4.50. The van der Waals surface area contributed by atoms with Crippen molar-refractivity contribution in [1.29, 1.82) is 0 Å². The van der Waals surface area contributed by atoms with Crippen molar-refractivity contribution in [3.05, 3.63) is 63.3 Å². The molecule has 0 spiro atoms. The summed E-state index contributed by atoms with van der Waals surface area (Å²) in [4.78, 5) is 2.01. The Morgan fingerprint density at radius 2 is 1.90 bits per heavy atom. The Labute approximate surface area is 131 Å². The van der Waals surface area contributed by atoms with Gasteiger partial charge in [0.05, 0.1) is 6.04 Å². The van der Waals surface area contributed by atoms with Crippen molar-refractivity contribution in [1.82, 2.24) is 0 Å². The summed E-state index contributed by atoms with van der Waals surface area (Å²) in [5, 5.41) is 0.661. The van der Waals surface area contributed by atoms with Gasteiger partial charge in [0.2, 0.25) is 0 Å². The number of rotatable bonds is 4. The van der Waals surface area contributed by atoms with Crippen LogP contribution in [0.2, 0.25) is 5.02 Å². The van der Waals surface area contributed by atoms with Crippen LogP contribution in [0.1, 0.15) is 11.6 Å². The minimum absolute atomic E-state index is 0.0477. The zero-order chi connectivity index (χ0) is 14.7. The van der Waals surface area contributed by atoms with Gasteiger partial charge in [-0.05, 0) is 48.0 Å². The van der Waals surface area contributed by atoms with Crippen molar-refractivity contribution in [3.63, 3.8) is 0 Å². The SMILES string of the molecule is CN(c1ccc(F)cc1)C(CN)c1cc(Cl)ccc1Br. The summed E-state index contributed by atoms with van der Waals surface area (Å²) in [6.45, 7) is 0.423. The number of likely N-dealkylation sites (N-methyl/N-ethyl adjacent to an activating group) is 1. The van der Waals surface area contributed by atoms with Crippen molar-refractivity contribution in [2.45, 2.75) is 6.04 Å². The van der Waals surface area contributed by atoms with Crippen LogP contribution >= 0.6 is 27.5 Å². The standard InChI is InChI=1S/C15H15BrClFN2/c1-20(12-5-3-11(18)4-6-12)15(9-19)13-8-10(17)2-7-14(13)16/h2-8,15H,9,19H2,1H3. The highest BCUT2D eigenvalue weighted by Crippen LogP contribution is 2.31. The van der Waals surface area contributed by atoms with E-state index >= 15 is 0 Å². The number of benzene rings is 2. The molecule has 2 aromatic rings. The minimum atomic E-state index is -0.254. The van der Waals surface area contributed by atoms with Gasteiger partial charge in [0.15, 0.2) is 0 Å². The third-order valence-electron chi connectivity index (χ3n) is 3.24. The molecule has 0 amide bonds. The Hall–Kier alpha value is -1.10. The van der Waals surface area contributed by atoms with E-state index in [-0.39, 0.29) is 11.9 Å². The summed E-state index contributed by atoms with van der Waals surface area (Å²) in [5.41, 5.74) is 7.82. The van der Waals surface area contributed by atoms with Crippen molar-refractivity contribution in [2.24, 2.45) is 5.73 Å².